The molecule has 2 aromatic rings. The molecule has 0 saturated carbocycles. The van der Waals surface area contributed by atoms with E-state index in [-0.39, 0.29) is 5.91 Å². The average molecular weight is 229 g/mol. The molecule has 6 heteroatoms. The molecule has 0 saturated heterocycles. The molecule has 0 aliphatic carbocycles. The van der Waals surface area contributed by atoms with Crippen molar-refractivity contribution in [2.24, 2.45) is 0 Å². The van der Waals surface area contributed by atoms with E-state index in [1.807, 2.05) is 12.1 Å². The minimum absolute atomic E-state index is 0.380. The predicted molar refractivity (Wildman–Crippen MR) is 60.9 cm³/mol. The van der Waals surface area contributed by atoms with E-state index in [9.17, 15) is 4.79 Å². The number of nitrogens with zero attached hydrogens (tertiary/aromatic N) is 4. The van der Waals surface area contributed by atoms with Crippen LogP contribution < -0.4 is 5.32 Å². The van der Waals surface area contributed by atoms with E-state index in [2.05, 4.69) is 20.4 Å². The molecule has 6 nitrogen and oxygen atoms in total. The number of aromatic nitrogens is 4. The smallest absolute Gasteiger partial charge is 0.295 e. The lowest BCUT2D eigenvalue weighted by Gasteiger charge is -2.02. The Morgan fingerprint density at radius 2 is 2.41 bits per heavy atom. The van der Waals surface area contributed by atoms with Gasteiger partial charge in [0.05, 0.1) is 0 Å². The van der Waals surface area contributed by atoms with Gasteiger partial charge in [0.15, 0.2) is 0 Å². The second-order valence-corrected chi connectivity index (χ2v) is 3.47. The van der Waals surface area contributed by atoms with Crippen molar-refractivity contribution in [3.8, 4) is 12.3 Å². The summed E-state index contributed by atoms with van der Waals surface area (Å²) in [4.78, 5) is 18.9. The number of carbonyl (C=O) groups is 1. The minimum atomic E-state index is -0.380. The van der Waals surface area contributed by atoms with Gasteiger partial charge in [0, 0.05) is 18.9 Å². The highest BCUT2D eigenvalue weighted by Gasteiger charge is 2.00. The molecule has 0 spiro atoms. The first-order valence-corrected chi connectivity index (χ1v) is 5.18. The molecule has 2 aromatic heterocycles. The molecule has 17 heavy (non-hydrogen) atoms. The number of terminal acetylenes is 1. The number of amides is 1. The van der Waals surface area contributed by atoms with E-state index in [0.717, 1.165) is 18.4 Å². The lowest BCUT2D eigenvalue weighted by Crippen LogP contribution is -2.22. The van der Waals surface area contributed by atoms with Crippen LogP contribution in [0.3, 0.4) is 0 Å². The molecule has 0 bridgehead atoms. The van der Waals surface area contributed by atoms with Gasteiger partial charge in [0.2, 0.25) is 0 Å². The van der Waals surface area contributed by atoms with Gasteiger partial charge in [-0.1, -0.05) is 0 Å². The number of carbonyl (C=O) groups excluding carboxylic acids is 1. The van der Waals surface area contributed by atoms with Crippen molar-refractivity contribution in [2.45, 2.75) is 12.8 Å². The molecular formula is C11H11N5O. The Hall–Kier alpha value is -2.42. The monoisotopic (exact) mass is 229 g/mol. The average Bonchev–Trinajstić information content (AvgIpc) is 2.81. The van der Waals surface area contributed by atoms with E-state index < -0.39 is 0 Å². The largest absolute Gasteiger partial charge is 0.345 e. The SMILES string of the molecule is C#CC(=O)NCCCc1cnc2ncnn2c1. The van der Waals surface area contributed by atoms with Crippen LogP contribution in [0.15, 0.2) is 18.7 Å². The molecule has 0 unspecified atom stereocenters. The fourth-order valence-electron chi connectivity index (χ4n) is 1.43. The fourth-order valence-corrected chi connectivity index (χ4v) is 1.43. The molecule has 1 amide bonds. The van der Waals surface area contributed by atoms with Crippen LogP contribution in [-0.4, -0.2) is 32.0 Å². The maximum absolute atomic E-state index is 10.8. The first-order valence-electron chi connectivity index (χ1n) is 5.18. The Morgan fingerprint density at radius 3 is 3.24 bits per heavy atom. The highest BCUT2D eigenvalue weighted by atomic mass is 16.1. The van der Waals surface area contributed by atoms with Crippen LogP contribution in [0.1, 0.15) is 12.0 Å². The third-order valence-corrected chi connectivity index (χ3v) is 2.25. The van der Waals surface area contributed by atoms with Crippen LogP contribution in [0.25, 0.3) is 5.78 Å². The first kappa shape index (κ1) is 11.1. The molecular weight excluding hydrogens is 218 g/mol. The Balaban J connectivity index is 1.86. The van der Waals surface area contributed by atoms with E-state index in [1.165, 1.54) is 6.33 Å². The highest BCUT2D eigenvalue weighted by molar-refractivity contribution is 5.92. The van der Waals surface area contributed by atoms with Gasteiger partial charge in [-0.15, -0.1) is 6.42 Å². The Kier molecular flexibility index (Phi) is 3.31. The van der Waals surface area contributed by atoms with Gasteiger partial charge >= 0.3 is 0 Å². The second kappa shape index (κ2) is 5.07. The van der Waals surface area contributed by atoms with Crippen LogP contribution in [-0.2, 0) is 11.2 Å². The zero-order valence-corrected chi connectivity index (χ0v) is 9.13. The van der Waals surface area contributed by atoms with Crippen molar-refractivity contribution in [3.63, 3.8) is 0 Å². The molecule has 0 atom stereocenters. The summed E-state index contributed by atoms with van der Waals surface area (Å²) in [5.41, 5.74) is 1.04. The van der Waals surface area contributed by atoms with Crippen LogP contribution in [0, 0.1) is 12.3 Å². The molecule has 0 aliphatic heterocycles. The molecule has 0 radical (unpaired) electrons. The van der Waals surface area contributed by atoms with Crippen molar-refractivity contribution in [3.05, 3.63) is 24.3 Å². The van der Waals surface area contributed by atoms with Crippen molar-refractivity contribution < 1.29 is 4.79 Å². The molecule has 2 rings (SSSR count). The molecule has 1 N–H and O–H groups in total. The third kappa shape index (κ3) is 2.78. The number of rotatable bonds is 4. The summed E-state index contributed by atoms with van der Waals surface area (Å²) in [5, 5.41) is 6.60. The standard InChI is InChI=1S/C11H11N5O/c1-2-10(17)12-5-3-4-9-6-13-11-14-8-15-16(11)7-9/h1,6-8H,3-5H2,(H,12,17). The minimum Gasteiger partial charge on any atom is -0.345 e. The van der Waals surface area contributed by atoms with Crippen LogP contribution in [0.4, 0.5) is 0 Å². The summed E-state index contributed by atoms with van der Waals surface area (Å²) in [6, 6.07) is 0. The quantitative estimate of drug-likeness (QED) is 0.582. The first-order chi connectivity index (χ1) is 8.29. The van der Waals surface area contributed by atoms with Crippen LogP contribution >= 0.6 is 0 Å². The molecule has 86 valence electrons. The highest BCUT2D eigenvalue weighted by Crippen LogP contribution is 2.01. The van der Waals surface area contributed by atoms with Gasteiger partial charge in [-0.2, -0.15) is 10.1 Å². The fraction of sp³-hybridized carbons (Fsp3) is 0.273. The lowest BCUT2D eigenvalue weighted by atomic mass is 10.2. The zero-order valence-electron chi connectivity index (χ0n) is 9.13. The van der Waals surface area contributed by atoms with Gasteiger partial charge < -0.3 is 5.32 Å². The third-order valence-electron chi connectivity index (χ3n) is 2.25. The Bertz CT molecular complexity index is 568. The van der Waals surface area contributed by atoms with E-state index >= 15 is 0 Å². The second-order valence-electron chi connectivity index (χ2n) is 3.47. The summed E-state index contributed by atoms with van der Waals surface area (Å²) in [7, 11) is 0. The molecule has 0 aromatic carbocycles. The predicted octanol–water partition coefficient (Wildman–Crippen LogP) is -0.194. The van der Waals surface area contributed by atoms with Gasteiger partial charge in [-0.05, 0) is 24.3 Å². The Morgan fingerprint density at radius 1 is 1.53 bits per heavy atom. The summed E-state index contributed by atoms with van der Waals surface area (Å²) < 4.78 is 1.62. The summed E-state index contributed by atoms with van der Waals surface area (Å²) in [6.07, 6.45) is 11.6. The number of hydrogen-bond acceptors (Lipinski definition) is 4. The summed E-state index contributed by atoms with van der Waals surface area (Å²) >= 11 is 0. The number of hydrogen-bond donors (Lipinski definition) is 1. The van der Waals surface area contributed by atoms with E-state index in [1.54, 1.807) is 10.7 Å². The van der Waals surface area contributed by atoms with Gasteiger partial charge in [0.25, 0.3) is 11.7 Å². The summed E-state index contributed by atoms with van der Waals surface area (Å²) in [5.74, 6) is 2.20. The van der Waals surface area contributed by atoms with Crippen molar-refractivity contribution >= 4 is 11.7 Å². The van der Waals surface area contributed by atoms with Crippen LogP contribution in [0.2, 0.25) is 0 Å². The number of aryl methyl sites for hydroxylation is 1. The molecule has 0 aliphatic rings. The normalized spacial score (nSPS) is 10.1. The topological polar surface area (TPSA) is 72.2 Å². The van der Waals surface area contributed by atoms with Crippen molar-refractivity contribution in [2.75, 3.05) is 6.54 Å². The number of fused-ring (bicyclic) bond motifs is 1. The van der Waals surface area contributed by atoms with Crippen molar-refractivity contribution in [1.82, 2.24) is 24.9 Å². The molecule has 0 fully saturated rings. The maximum Gasteiger partial charge on any atom is 0.295 e. The van der Waals surface area contributed by atoms with Gasteiger partial charge in [-0.3, -0.25) is 4.79 Å². The summed E-state index contributed by atoms with van der Waals surface area (Å²) in [6.45, 7) is 0.554. The van der Waals surface area contributed by atoms with E-state index in [0.29, 0.717) is 12.3 Å². The van der Waals surface area contributed by atoms with Crippen molar-refractivity contribution in [1.29, 1.82) is 0 Å². The Labute approximate surface area is 98.1 Å². The van der Waals surface area contributed by atoms with Gasteiger partial charge in [0.1, 0.15) is 6.33 Å². The lowest BCUT2D eigenvalue weighted by molar-refractivity contribution is -0.115. The van der Waals surface area contributed by atoms with Gasteiger partial charge in [-0.25, -0.2) is 9.50 Å². The molecule has 2 heterocycles. The van der Waals surface area contributed by atoms with Crippen LogP contribution in [0.5, 0.6) is 0 Å². The van der Waals surface area contributed by atoms with E-state index in [4.69, 9.17) is 6.42 Å². The maximum atomic E-state index is 10.8. The number of nitrogens with one attached hydrogen (secondary N) is 1. The zero-order chi connectivity index (χ0) is 12.1.